The Morgan fingerprint density at radius 3 is 2.66 bits per heavy atom. The Bertz CT molecular complexity index is 1040. The van der Waals surface area contributed by atoms with Gasteiger partial charge in [0.2, 0.25) is 0 Å². The average Bonchev–Trinajstić information content (AvgIpc) is 2.74. The minimum atomic E-state index is -0.358. The van der Waals surface area contributed by atoms with Crippen molar-refractivity contribution in [3.63, 3.8) is 0 Å². The van der Waals surface area contributed by atoms with Gasteiger partial charge in [0, 0.05) is 18.3 Å². The number of rotatable bonds is 7. The van der Waals surface area contributed by atoms with Gasteiger partial charge in [-0.2, -0.15) is 5.26 Å². The Labute approximate surface area is 169 Å². The number of anilines is 2. The summed E-state index contributed by atoms with van der Waals surface area (Å²) in [4.78, 5) is 21.1. The van der Waals surface area contributed by atoms with E-state index in [1.54, 1.807) is 44.4 Å². The predicted octanol–water partition coefficient (Wildman–Crippen LogP) is 3.57. The second-order valence-corrected chi connectivity index (χ2v) is 6.36. The molecule has 2 N–H and O–H groups in total. The van der Waals surface area contributed by atoms with Crippen LogP contribution in [0.5, 0.6) is 5.75 Å². The first-order valence-corrected chi connectivity index (χ1v) is 9.11. The fourth-order valence-corrected chi connectivity index (χ4v) is 2.76. The lowest BCUT2D eigenvalue weighted by molar-refractivity contribution is 0.102. The molecule has 3 aromatic rings. The van der Waals surface area contributed by atoms with Gasteiger partial charge in [-0.05, 0) is 49.2 Å². The molecule has 2 aromatic carbocycles. The number of hydrogen-bond donors (Lipinski definition) is 2. The number of amides is 1. The average molecular weight is 387 g/mol. The smallest absolute Gasteiger partial charge is 0.274 e. The van der Waals surface area contributed by atoms with Gasteiger partial charge in [0.05, 0.1) is 18.7 Å². The van der Waals surface area contributed by atoms with Gasteiger partial charge in [0.15, 0.2) is 0 Å². The maximum atomic E-state index is 12.5. The molecule has 0 spiro atoms. The number of carbonyl (C=O) groups excluding carboxylic acids is 1. The minimum Gasteiger partial charge on any atom is -0.497 e. The first-order valence-electron chi connectivity index (χ1n) is 9.11. The van der Waals surface area contributed by atoms with E-state index in [4.69, 9.17) is 10.00 Å². The first kappa shape index (κ1) is 19.8. The zero-order chi connectivity index (χ0) is 20.6. The Balaban J connectivity index is 1.63. The molecule has 29 heavy (non-hydrogen) atoms. The highest BCUT2D eigenvalue weighted by molar-refractivity contribution is 6.03. The van der Waals surface area contributed by atoms with E-state index in [1.807, 2.05) is 30.3 Å². The number of nitrogens with zero attached hydrogens (tertiary/aromatic N) is 3. The highest BCUT2D eigenvalue weighted by Crippen LogP contribution is 2.14. The predicted molar refractivity (Wildman–Crippen MR) is 111 cm³/mol. The summed E-state index contributed by atoms with van der Waals surface area (Å²) >= 11 is 0. The number of nitriles is 1. The molecular formula is C22H21N5O2. The van der Waals surface area contributed by atoms with Gasteiger partial charge in [-0.25, -0.2) is 9.97 Å². The molecule has 1 amide bonds. The summed E-state index contributed by atoms with van der Waals surface area (Å²) in [6.45, 7) is 2.40. The van der Waals surface area contributed by atoms with Crippen LogP contribution in [0.3, 0.4) is 0 Å². The molecular weight excluding hydrogens is 366 g/mol. The molecule has 3 rings (SSSR count). The normalized spacial score (nSPS) is 10.1. The van der Waals surface area contributed by atoms with Crippen molar-refractivity contribution in [1.82, 2.24) is 9.97 Å². The molecule has 0 fully saturated rings. The Morgan fingerprint density at radius 1 is 1.14 bits per heavy atom. The van der Waals surface area contributed by atoms with Crippen molar-refractivity contribution >= 4 is 17.4 Å². The van der Waals surface area contributed by atoms with Gasteiger partial charge < -0.3 is 15.4 Å². The third-order valence-electron chi connectivity index (χ3n) is 4.20. The Hall–Kier alpha value is -3.92. The van der Waals surface area contributed by atoms with Gasteiger partial charge in [-0.3, -0.25) is 4.79 Å². The van der Waals surface area contributed by atoms with Crippen LogP contribution in [0.4, 0.5) is 11.5 Å². The molecule has 0 unspecified atom stereocenters. The van der Waals surface area contributed by atoms with E-state index in [2.05, 4.69) is 20.6 Å². The topological polar surface area (TPSA) is 99.9 Å². The second kappa shape index (κ2) is 9.33. The van der Waals surface area contributed by atoms with Crippen molar-refractivity contribution in [2.75, 3.05) is 24.3 Å². The minimum absolute atomic E-state index is 0.256. The van der Waals surface area contributed by atoms with Crippen LogP contribution < -0.4 is 15.4 Å². The zero-order valence-electron chi connectivity index (χ0n) is 16.3. The Morgan fingerprint density at radius 2 is 1.93 bits per heavy atom. The number of methoxy groups -OCH3 is 1. The lowest BCUT2D eigenvalue weighted by atomic mass is 10.1. The van der Waals surface area contributed by atoms with Gasteiger partial charge in [0.1, 0.15) is 23.1 Å². The first-order chi connectivity index (χ1) is 14.1. The summed E-state index contributed by atoms with van der Waals surface area (Å²) in [5.41, 5.74) is 2.44. The van der Waals surface area contributed by atoms with Crippen LogP contribution >= 0.6 is 0 Å². The molecule has 146 valence electrons. The van der Waals surface area contributed by atoms with Crippen LogP contribution in [0.1, 0.15) is 27.4 Å². The summed E-state index contributed by atoms with van der Waals surface area (Å²) < 4.78 is 5.16. The van der Waals surface area contributed by atoms with Crippen molar-refractivity contribution in [2.24, 2.45) is 0 Å². The van der Waals surface area contributed by atoms with Gasteiger partial charge in [-0.15, -0.1) is 0 Å². The van der Waals surface area contributed by atoms with Gasteiger partial charge in [0.25, 0.3) is 5.91 Å². The third-order valence-corrected chi connectivity index (χ3v) is 4.20. The van der Waals surface area contributed by atoms with Gasteiger partial charge >= 0.3 is 0 Å². The quantitative estimate of drug-likeness (QED) is 0.643. The molecule has 7 nitrogen and oxygen atoms in total. The zero-order valence-corrected chi connectivity index (χ0v) is 16.3. The van der Waals surface area contributed by atoms with Crippen molar-refractivity contribution in [1.29, 1.82) is 5.26 Å². The highest BCUT2D eigenvalue weighted by Gasteiger charge is 2.11. The van der Waals surface area contributed by atoms with E-state index in [9.17, 15) is 4.79 Å². The summed E-state index contributed by atoms with van der Waals surface area (Å²) in [5, 5.41) is 15.0. The number of hydrogen-bond acceptors (Lipinski definition) is 6. The molecule has 0 saturated heterocycles. The van der Waals surface area contributed by atoms with Crippen LogP contribution in [0.15, 0.2) is 54.6 Å². The van der Waals surface area contributed by atoms with E-state index in [0.717, 1.165) is 12.2 Å². The van der Waals surface area contributed by atoms with Crippen LogP contribution in [0.25, 0.3) is 0 Å². The summed E-state index contributed by atoms with van der Waals surface area (Å²) in [6, 6.07) is 18.3. The van der Waals surface area contributed by atoms with Crippen molar-refractivity contribution in [2.45, 2.75) is 13.3 Å². The summed E-state index contributed by atoms with van der Waals surface area (Å²) in [5.74, 6) is 1.55. The van der Waals surface area contributed by atoms with Crippen LogP contribution in [-0.2, 0) is 6.42 Å². The molecule has 0 aliphatic rings. The monoisotopic (exact) mass is 387 g/mol. The van der Waals surface area contributed by atoms with E-state index in [1.165, 1.54) is 5.56 Å². The molecule has 0 aliphatic heterocycles. The van der Waals surface area contributed by atoms with E-state index in [-0.39, 0.29) is 11.6 Å². The molecule has 7 heteroatoms. The van der Waals surface area contributed by atoms with Crippen molar-refractivity contribution in [3.05, 3.63) is 77.2 Å². The molecule has 0 radical (unpaired) electrons. The number of benzene rings is 2. The molecule has 0 saturated carbocycles. The van der Waals surface area contributed by atoms with E-state index >= 15 is 0 Å². The number of aryl methyl sites for hydroxylation is 1. The maximum absolute atomic E-state index is 12.5. The lowest BCUT2D eigenvalue weighted by Gasteiger charge is -2.10. The second-order valence-electron chi connectivity index (χ2n) is 6.36. The third kappa shape index (κ3) is 5.53. The summed E-state index contributed by atoms with van der Waals surface area (Å²) in [6.07, 6.45) is 0.801. The van der Waals surface area contributed by atoms with Crippen molar-refractivity contribution < 1.29 is 9.53 Å². The fraction of sp³-hybridized carbons (Fsp3) is 0.182. The van der Waals surface area contributed by atoms with Crippen LogP contribution in [0, 0.1) is 18.3 Å². The Kier molecular flexibility index (Phi) is 6.38. The molecule has 0 bridgehead atoms. The molecule has 0 aliphatic carbocycles. The lowest BCUT2D eigenvalue weighted by Crippen LogP contribution is -2.16. The van der Waals surface area contributed by atoms with Crippen LogP contribution in [0.2, 0.25) is 0 Å². The largest absolute Gasteiger partial charge is 0.497 e. The molecule has 0 atom stereocenters. The van der Waals surface area contributed by atoms with Gasteiger partial charge in [-0.1, -0.05) is 18.2 Å². The highest BCUT2D eigenvalue weighted by atomic mass is 16.5. The molecule has 1 aromatic heterocycles. The number of nitrogens with one attached hydrogen (secondary N) is 2. The fourth-order valence-electron chi connectivity index (χ4n) is 2.76. The molecule has 1 heterocycles. The van der Waals surface area contributed by atoms with E-state index < -0.39 is 0 Å². The SMILES string of the molecule is COc1ccc(CCNc2cc(C(=O)Nc3cccc(C#N)c3)nc(C)n2)cc1. The van der Waals surface area contributed by atoms with E-state index in [0.29, 0.717) is 29.4 Å². The number of aromatic nitrogens is 2. The number of ether oxygens (including phenoxy) is 1. The summed E-state index contributed by atoms with van der Waals surface area (Å²) in [7, 11) is 1.64. The maximum Gasteiger partial charge on any atom is 0.274 e. The standard InChI is InChI=1S/C22H21N5O2/c1-15-25-20(22(28)27-18-5-3-4-17(12-18)14-23)13-21(26-15)24-11-10-16-6-8-19(29-2)9-7-16/h3-9,12-13H,10-11H2,1-2H3,(H,27,28)(H,24,25,26). The number of carbonyl (C=O) groups is 1. The van der Waals surface area contributed by atoms with Crippen molar-refractivity contribution in [3.8, 4) is 11.8 Å². The van der Waals surface area contributed by atoms with Crippen LogP contribution in [-0.4, -0.2) is 29.5 Å².